The van der Waals surface area contributed by atoms with Crippen molar-refractivity contribution in [3.05, 3.63) is 11.6 Å². The summed E-state index contributed by atoms with van der Waals surface area (Å²) in [4.78, 5) is 36.8. The zero-order valence-electron chi connectivity index (χ0n) is 14.9. The van der Waals surface area contributed by atoms with E-state index in [1.54, 1.807) is 13.0 Å². The Morgan fingerprint density at radius 1 is 1.16 bits per heavy atom. The molecule has 0 bridgehead atoms. The van der Waals surface area contributed by atoms with E-state index in [1.165, 1.54) is 0 Å². The van der Waals surface area contributed by atoms with Crippen molar-refractivity contribution < 1.29 is 24.6 Å². The van der Waals surface area contributed by atoms with Crippen LogP contribution in [0.15, 0.2) is 11.6 Å². The van der Waals surface area contributed by atoms with Crippen molar-refractivity contribution in [1.29, 1.82) is 0 Å². The summed E-state index contributed by atoms with van der Waals surface area (Å²) in [5.74, 6) is -0.959. The molecular formula is C20H26O5. The molecule has 0 unspecified atom stereocenters. The molecule has 25 heavy (non-hydrogen) atoms. The number of allylic oxidation sites excluding steroid dienone is 1. The lowest BCUT2D eigenvalue weighted by Crippen LogP contribution is -2.60. The number of hydrogen-bond donors (Lipinski definition) is 2. The van der Waals surface area contributed by atoms with Gasteiger partial charge in [-0.05, 0) is 55.4 Å². The Morgan fingerprint density at radius 3 is 2.56 bits per heavy atom. The average Bonchev–Trinajstić information content (AvgIpc) is 2.80. The molecule has 6 atom stereocenters. The zero-order valence-corrected chi connectivity index (χ0v) is 14.9. The Balaban J connectivity index is 1.77. The number of aliphatic hydroxyl groups is 1. The van der Waals surface area contributed by atoms with E-state index in [-0.39, 0.29) is 47.6 Å². The third-order valence-corrected chi connectivity index (χ3v) is 8.16. The lowest BCUT2D eigenvalue weighted by Gasteiger charge is -2.57. The van der Waals surface area contributed by atoms with Crippen LogP contribution < -0.4 is 0 Å². The van der Waals surface area contributed by atoms with Crippen LogP contribution in [0.25, 0.3) is 0 Å². The van der Waals surface area contributed by atoms with E-state index in [2.05, 4.69) is 6.92 Å². The molecule has 0 aromatic rings. The van der Waals surface area contributed by atoms with Crippen LogP contribution in [0.3, 0.4) is 0 Å². The summed E-state index contributed by atoms with van der Waals surface area (Å²) in [5.41, 5.74) is -1.87. The maximum absolute atomic E-state index is 13.2. The minimum Gasteiger partial charge on any atom is -0.479 e. The maximum Gasteiger partial charge on any atom is 0.336 e. The normalized spacial score (nSPS) is 49.1. The van der Waals surface area contributed by atoms with Crippen LogP contribution in [0.5, 0.6) is 0 Å². The summed E-state index contributed by atoms with van der Waals surface area (Å²) < 4.78 is 0. The molecule has 2 N–H and O–H groups in total. The van der Waals surface area contributed by atoms with Gasteiger partial charge >= 0.3 is 5.97 Å². The van der Waals surface area contributed by atoms with E-state index >= 15 is 0 Å². The fraction of sp³-hybridized carbons (Fsp3) is 0.750. The van der Waals surface area contributed by atoms with Gasteiger partial charge in [-0.2, -0.15) is 0 Å². The quantitative estimate of drug-likeness (QED) is 0.761. The molecule has 5 heteroatoms. The number of carboxylic acids is 1. The molecule has 0 aliphatic heterocycles. The van der Waals surface area contributed by atoms with Crippen molar-refractivity contribution in [2.24, 2.45) is 28.6 Å². The highest BCUT2D eigenvalue weighted by Crippen LogP contribution is 2.66. The zero-order chi connectivity index (χ0) is 18.2. The number of hydrogen-bond acceptors (Lipinski definition) is 4. The van der Waals surface area contributed by atoms with Crippen LogP contribution >= 0.6 is 0 Å². The van der Waals surface area contributed by atoms with Crippen LogP contribution in [0.1, 0.15) is 58.8 Å². The number of carbonyl (C=O) groups is 3. The largest absolute Gasteiger partial charge is 0.479 e. The monoisotopic (exact) mass is 346 g/mol. The second kappa shape index (κ2) is 5.03. The fourth-order valence-electron chi connectivity index (χ4n) is 6.74. The Kier molecular flexibility index (Phi) is 3.41. The summed E-state index contributed by atoms with van der Waals surface area (Å²) in [6.45, 7) is 3.91. The first kappa shape index (κ1) is 17.0. The highest BCUT2D eigenvalue weighted by molar-refractivity contribution is 5.93. The average molecular weight is 346 g/mol. The summed E-state index contributed by atoms with van der Waals surface area (Å²) in [5, 5.41) is 20.5. The summed E-state index contributed by atoms with van der Waals surface area (Å²) >= 11 is 0. The molecule has 0 aromatic heterocycles. The fourth-order valence-corrected chi connectivity index (χ4v) is 6.74. The van der Waals surface area contributed by atoms with Crippen molar-refractivity contribution >= 4 is 17.5 Å². The van der Waals surface area contributed by atoms with Gasteiger partial charge in [0.25, 0.3) is 0 Å². The van der Waals surface area contributed by atoms with Gasteiger partial charge in [-0.15, -0.1) is 0 Å². The van der Waals surface area contributed by atoms with Gasteiger partial charge in [0, 0.05) is 24.2 Å². The molecule has 4 aliphatic rings. The molecule has 0 amide bonds. The first-order chi connectivity index (χ1) is 11.6. The van der Waals surface area contributed by atoms with E-state index in [0.717, 1.165) is 18.4 Å². The molecule has 0 radical (unpaired) electrons. The van der Waals surface area contributed by atoms with Crippen molar-refractivity contribution in [2.45, 2.75) is 64.4 Å². The highest BCUT2D eigenvalue weighted by Gasteiger charge is 2.68. The van der Waals surface area contributed by atoms with E-state index in [1.807, 2.05) is 0 Å². The first-order valence-electron chi connectivity index (χ1n) is 9.36. The molecular weight excluding hydrogens is 320 g/mol. The minimum absolute atomic E-state index is 0.0484. The van der Waals surface area contributed by atoms with Gasteiger partial charge in [0.15, 0.2) is 11.4 Å². The van der Waals surface area contributed by atoms with E-state index in [9.17, 15) is 24.6 Å². The molecule has 4 aliphatic carbocycles. The van der Waals surface area contributed by atoms with Crippen molar-refractivity contribution in [1.82, 2.24) is 0 Å². The topological polar surface area (TPSA) is 91.7 Å². The van der Waals surface area contributed by atoms with Crippen LogP contribution in [0, 0.1) is 28.6 Å². The summed E-state index contributed by atoms with van der Waals surface area (Å²) in [6.07, 6.45) is 5.55. The second-order valence-corrected chi connectivity index (χ2v) is 9.10. The molecule has 5 nitrogen and oxygen atoms in total. The van der Waals surface area contributed by atoms with Gasteiger partial charge in [0.05, 0.1) is 0 Å². The molecule has 0 saturated heterocycles. The van der Waals surface area contributed by atoms with Gasteiger partial charge in [-0.1, -0.05) is 19.4 Å². The number of ketones is 2. The number of Topliss-reactive ketones (excluding diaryl/α,β-unsaturated/α-hetero) is 1. The standard InChI is InChI=1S/C20H26O5/c1-18-7-5-12(21)9-11(18)3-4-13-14-6-8-20(25,17(23)24)19(14,2)10-15(22)16(13)18/h9,13-14,16,25H,3-8,10H2,1-2H3,(H,23,24)/t13-,14-,16+,18-,19-,20-/m0/s1. The first-order valence-corrected chi connectivity index (χ1v) is 9.36. The molecule has 0 aromatic carbocycles. The van der Waals surface area contributed by atoms with Crippen molar-refractivity contribution in [3.63, 3.8) is 0 Å². The Bertz CT molecular complexity index is 709. The van der Waals surface area contributed by atoms with Crippen LogP contribution in [0.2, 0.25) is 0 Å². The van der Waals surface area contributed by atoms with Gasteiger partial charge in [0.1, 0.15) is 5.78 Å². The predicted octanol–water partition coefficient (Wildman–Crippen LogP) is 2.51. The number of fused-ring (bicyclic) bond motifs is 5. The number of carbonyl (C=O) groups excluding carboxylic acids is 2. The van der Waals surface area contributed by atoms with Crippen LogP contribution in [-0.4, -0.2) is 33.3 Å². The molecule has 136 valence electrons. The lowest BCUT2D eigenvalue weighted by molar-refractivity contribution is -0.183. The second-order valence-electron chi connectivity index (χ2n) is 9.10. The highest BCUT2D eigenvalue weighted by atomic mass is 16.4. The van der Waals surface area contributed by atoms with Crippen molar-refractivity contribution in [3.8, 4) is 0 Å². The molecule has 3 saturated carbocycles. The Labute approximate surface area is 147 Å². The van der Waals surface area contributed by atoms with E-state index < -0.39 is 17.0 Å². The molecule has 4 rings (SSSR count). The van der Waals surface area contributed by atoms with Crippen molar-refractivity contribution in [2.75, 3.05) is 0 Å². The van der Waals surface area contributed by atoms with Gasteiger partial charge in [-0.3, -0.25) is 9.59 Å². The van der Waals surface area contributed by atoms with E-state index in [0.29, 0.717) is 19.3 Å². The summed E-state index contributed by atoms with van der Waals surface area (Å²) in [6, 6.07) is 0. The van der Waals surface area contributed by atoms with Gasteiger partial charge < -0.3 is 10.2 Å². The van der Waals surface area contributed by atoms with Crippen LogP contribution in [0.4, 0.5) is 0 Å². The number of aliphatic carboxylic acids is 1. The van der Waals surface area contributed by atoms with Crippen LogP contribution in [-0.2, 0) is 14.4 Å². The minimum atomic E-state index is -1.81. The molecule has 0 heterocycles. The third-order valence-electron chi connectivity index (χ3n) is 8.16. The molecule has 3 fully saturated rings. The van der Waals surface area contributed by atoms with Gasteiger partial charge in [-0.25, -0.2) is 4.79 Å². The maximum atomic E-state index is 13.2. The Morgan fingerprint density at radius 2 is 1.88 bits per heavy atom. The third kappa shape index (κ3) is 1.96. The summed E-state index contributed by atoms with van der Waals surface area (Å²) in [7, 11) is 0. The molecule has 0 spiro atoms. The Hall–Kier alpha value is -1.49. The van der Waals surface area contributed by atoms with Gasteiger partial charge in [0.2, 0.25) is 0 Å². The SMILES string of the molecule is C[C@]12CCC(=O)C=C1CC[C@@H]1[C@@H]2C(=O)C[C@@]2(C)[C@H]1CC[C@]2(O)C(=O)O. The number of rotatable bonds is 1. The lowest BCUT2D eigenvalue weighted by atomic mass is 9.46. The number of carboxylic acid groups (broad SMARTS) is 1. The van der Waals surface area contributed by atoms with E-state index in [4.69, 9.17) is 0 Å². The predicted molar refractivity (Wildman–Crippen MR) is 89.7 cm³/mol. The smallest absolute Gasteiger partial charge is 0.336 e.